The lowest BCUT2D eigenvalue weighted by Gasteiger charge is -2.28. The van der Waals surface area contributed by atoms with Crippen LogP contribution >= 0.6 is 0 Å². The molecule has 0 spiro atoms. The molecule has 2 heterocycles. The minimum absolute atomic E-state index is 0.0706. The van der Waals surface area contributed by atoms with Gasteiger partial charge in [-0.3, -0.25) is 4.79 Å². The fourth-order valence-corrected chi connectivity index (χ4v) is 5.68. The summed E-state index contributed by atoms with van der Waals surface area (Å²) in [6.45, 7) is 12.7. The number of aromatic carboxylic acids is 1. The summed E-state index contributed by atoms with van der Waals surface area (Å²) in [7, 11) is 0. The van der Waals surface area contributed by atoms with Crippen molar-refractivity contribution in [3.05, 3.63) is 44.7 Å². The monoisotopic (exact) mass is 629 g/mol. The first-order valence-electron chi connectivity index (χ1n) is 15.2. The van der Waals surface area contributed by atoms with Crippen LogP contribution in [-0.2, 0) is 15.9 Å². The van der Waals surface area contributed by atoms with E-state index in [1.807, 2.05) is 0 Å². The first-order valence-corrected chi connectivity index (χ1v) is 15.2. The lowest BCUT2D eigenvalue weighted by Crippen LogP contribution is -2.40. The van der Waals surface area contributed by atoms with Crippen LogP contribution in [0.5, 0.6) is 0 Å². The summed E-state index contributed by atoms with van der Waals surface area (Å²) < 4.78 is 42.8. The molecule has 2 N–H and O–H groups in total. The molecular formula is C33H41F2N3O7. The van der Waals surface area contributed by atoms with E-state index in [0.717, 1.165) is 6.07 Å². The van der Waals surface area contributed by atoms with Gasteiger partial charge >= 0.3 is 18.2 Å². The summed E-state index contributed by atoms with van der Waals surface area (Å²) >= 11 is 0. The summed E-state index contributed by atoms with van der Waals surface area (Å²) in [6.07, 6.45) is 0.964. The van der Waals surface area contributed by atoms with Gasteiger partial charge in [-0.15, -0.1) is 0 Å². The van der Waals surface area contributed by atoms with Crippen LogP contribution < -0.4 is 10.7 Å². The van der Waals surface area contributed by atoms with Gasteiger partial charge in [0.1, 0.15) is 16.8 Å². The fraction of sp³-hybridized carbons (Fsp3) is 0.576. The lowest BCUT2D eigenvalue weighted by molar-refractivity contribution is 0.0224. The highest BCUT2D eigenvalue weighted by molar-refractivity contribution is 5.96. The zero-order valence-electron chi connectivity index (χ0n) is 26.8. The Morgan fingerprint density at radius 1 is 1.09 bits per heavy atom. The topological polar surface area (TPSA) is 127 Å². The van der Waals surface area contributed by atoms with E-state index in [-0.39, 0.29) is 60.1 Å². The highest BCUT2D eigenvalue weighted by Crippen LogP contribution is 2.40. The number of amides is 2. The lowest BCUT2D eigenvalue weighted by atomic mass is 10.0. The smallest absolute Gasteiger partial charge is 0.410 e. The molecule has 0 radical (unpaired) electrons. The maximum atomic E-state index is 15.4. The van der Waals surface area contributed by atoms with Crippen molar-refractivity contribution in [3.8, 4) is 11.8 Å². The molecule has 4 rings (SSSR count). The van der Waals surface area contributed by atoms with Gasteiger partial charge in [0.25, 0.3) is 0 Å². The molecule has 12 heteroatoms. The van der Waals surface area contributed by atoms with E-state index in [0.29, 0.717) is 19.3 Å². The maximum absolute atomic E-state index is 15.4. The third-order valence-electron chi connectivity index (χ3n) is 7.56. The van der Waals surface area contributed by atoms with Crippen LogP contribution in [0.1, 0.15) is 102 Å². The van der Waals surface area contributed by atoms with Gasteiger partial charge in [0.05, 0.1) is 16.5 Å². The van der Waals surface area contributed by atoms with E-state index < -0.39 is 58.0 Å². The summed E-state index contributed by atoms with van der Waals surface area (Å²) in [6, 6.07) is 0.116. The molecule has 45 heavy (non-hydrogen) atoms. The second-order valence-electron chi connectivity index (χ2n) is 13.6. The van der Waals surface area contributed by atoms with Gasteiger partial charge < -0.3 is 29.4 Å². The van der Waals surface area contributed by atoms with Crippen LogP contribution in [0.4, 0.5) is 18.4 Å². The Kier molecular flexibility index (Phi) is 9.52. The minimum atomic E-state index is -1.43. The maximum Gasteiger partial charge on any atom is 0.410 e. The largest absolute Gasteiger partial charge is 0.477 e. The number of likely N-dealkylation sites (tertiary alicyclic amines) is 1. The summed E-state index contributed by atoms with van der Waals surface area (Å²) in [5.74, 6) is 1.52. The molecule has 244 valence electrons. The highest BCUT2D eigenvalue weighted by Gasteiger charge is 2.38. The third-order valence-corrected chi connectivity index (χ3v) is 7.56. The molecule has 0 unspecified atom stereocenters. The predicted molar refractivity (Wildman–Crippen MR) is 163 cm³/mol. The number of carbonyl (C=O) groups is 3. The number of benzene rings is 1. The van der Waals surface area contributed by atoms with Crippen LogP contribution in [0.3, 0.4) is 0 Å². The number of halogens is 2. The van der Waals surface area contributed by atoms with E-state index in [1.165, 1.54) is 4.90 Å². The number of nitrogens with zero attached hydrogens (tertiary/aromatic N) is 2. The molecular weight excluding hydrogens is 588 g/mol. The molecule has 2 amide bonds. The zero-order valence-corrected chi connectivity index (χ0v) is 26.8. The van der Waals surface area contributed by atoms with Crippen molar-refractivity contribution >= 4 is 29.1 Å². The van der Waals surface area contributed by atoms with Crippen LogP contribution in [0.25, 0.3) is 10.9 Å². The van der Waals surface area contributed by atoms with Crippen LogP contribution in [-0.4, -0.2) is 63.1 Å². The SMILES string of the molecule is CCc1c(C(=O)O)c(=O)c2cc(F)c(F)c(C#CC[C@H]3C[C@H](CNC(=O)OC(C)(C)C)CN3C(=O)OC(C)(C)C)c2n1C1CC1. The van der Waals surface area contributed by atoms with Crippen molar-refractivity contribution in [2.24, 2.45) is 5.92 Å². The Hall–Kier alpha value is -4.14. The summed E-state index contributed by atoms with van der Waals surface area (Å²) in [5.41, 5.74) is -2.79. The molecule has 1 aliphatic heterocycles. The average Bonchev–Trinajstić information content (AvgIpc) is 3.66. The first-order chi connectivity index (χ1) is 20.9. The normalized spacial score (nSPS) is 18.4. The van der Waals surface area contributed by atoms with E-state index in [2.05, 4.69) is 17.2 Å². The molecule has 2 aliphatic rings. The van der Waals surface area contributed by atoms with Gasteiger partial charge in [0.2, 0.25) is 5.43 Å². The zero-order chi connectivity index (χ0) is 33.4. The molecule has 1 saturated carbocycles. The van der Waals surface area contributed by atoms with Crippen molar-refractivity contribution in [1.29, 1.82) is 0 Å². The molecule has 1 aliphatic carbocycles. The molecule has 0 bridgehead atoms. The molecule has 1 aromatic carbocycles. The van der Waals surface area contributed by atoms with E-state index in [9.17, 15) is 28.7 Å². The van der Waals surface area contributed by atoms with Gasteiger partial charge in [-0.1, -0.05) is 18.8 Å². The number of carboxylic acid groups (broad SMARTS) is 1. The molecule has 2 aromatic rings. The highest BCUT2D eigenvalue weighted by atomic mass is 19.2. The van der Waals surface area contributed by atoms with Crippen LogP contribution in [0.15, 0.2) is 10.9 Å². The quantitative estimate of drug-likeness (QED) is 0.389. The Balaban J connectivity index is 1.70. The van der Waals surface area contributed by atoms with Crippen molar-refractivity contribution in [2.75, 3.05) is 13.1 Å². The number of ether oxygens (including phenoxy) is 2. The fourth-order valence-electron chi connectivity index (χ4n) is 5.68. The van der Waals surface area contributed by atoms with E-state index >= 15 is 4.39 Å². The van der Waals surface area contributed by atoms with Crippen molar-refractivity contribution in [1.82, 2.24) is 14.8 Å². The number of rotatable bonds is 6. The predicted octanol–water partition coefficient (Wildman–Crippen LogP) is 5.77. The minimum Gasteiger partial charge on any atom is -0.477 e. The molecule has 2 fully saturated rings. The number of carboxylic acids is 1. The number of alkyl carbamates (subject to hydrolysis) is 1. The number of hydrogen-bond acceptors (Lipinski definition) is 6. The second kappa shape index (κ2) is 12.7. The average molecular weight is 630 g/mol. The Morgan fingerprint density at radius 3 is 2.29 bits per heavy atom. The van der Waals surface area contributed by atoms with Crippen molar-refractivity contribution in [3.63, 3.8) is 0 Å². The Morgan fingerprint density at radius 2 is 1.73 bits per heavy atom. The second-order valence-corrected chi connectivity index (χ2v) is 13.6. The van der Waals surface area contributed by atoms with Gasteiger partial charge in [-0.25, -0.2) is 23.2 Å². The Bertz CT molecular complexity index is 1640. The number of aromatic nitrogens is 1. The molecule has 10 nitrogen and oxygen atoms in total. The van der Waals surface area contributed by atoms with Gasteiger partial charge in [0, 0.05) is 37.3 Å². The molecule has 2 atom stereocenters. The van der Waals surface area contributed by atoms with E-state index in [4.69, 9.17) is 9.47 Å². The number of nitrogens with one attached hydrogen (secondary N) is 1. The number of carbonyl (C=O) groups excluding carboxylic acids is 2. The first kappa shape index (κ1) is 33.7. The number of hydrogen-bond donors (Lipinski definition) is 2. The number of fused-ring (bicyclic) bond motifs is 1. The van der Waals surface area contributed by atoms with Gasteiger partial charge in [-0.2, -0.15) is 0 Å². The van der Waals surface area contributed by atoms with Crippen molar-refractivity contribution in [2.45, 2.75) is 104 Å². The molecule has 1 saturated heterocycles. The summed E-state index contributed by atoms with van der Waals surface area (Å²) in [5, 5.41) is 12.3. The summed E-state index contributed by atoms with van der Waals surface area (Å²) in [4.78, 5) is 52.2. The van der Waals surface area contributed by atoms with Crippen molar-refractivity contribution < 1.29 is 37.7 Å². The number of pyridine rings is 1. The third kappa shape index (κ3) is 7.75. The van der Waals surface area contributed by atoms with Crippen LogP contribution in [0.2, 0.25) is 0 Å². The molecule has 1 aromatic heterocycles. The van der Waals surface area contributed by atoms with E-state index in [1.54, 1.807) is 53.0 Å². The van der Waals surface area contributed by atoms with Gasteiger partial charge in [0.15, 0.2) is 11.6 Å². The van der Waals surface area contributed by atoms with Crippen LogP contribution in [0, 0.1) is 29.4 Å². The standard InChI is InChI=1S/C33H41F2N3O7/c1-8-24-25(29(40)41)28(39)22-15-23(34)26(35)21(27(22)38(24)19-12-13-19)11-9-10-20-14-18(16-36-30(42)44-32(2,3)4)17-37(20)31(43)45-33(5,6)7/h15,18-20H,8,10,12-14,16-17H2,1-7H3,(H,36,42)(H,40,41)/t18-,20+/m1/s1. The Labute approximate surface area is 261 Å². The van der Waals surface area contributed by atoms with Gasteiger partial charge in [-0.05, 0) is 79.2 Å².